The summed E-state index contributed by atoms with van der Waals surface area (Å²) in [4.78, 5) is 19.0. The highest BCUT2D eigenvalue weighted by atomic mass is 16.5. The number of aliphatic carboxylic acids is 1. The molecule has 1 saturated heterocycles. The first-order valence-corrected chi connectivity index (χ1v) is 14.9. The monoisotopic (exact) mass is 576 g/mol. The third-order valence-electron chi connectivity index (χ3n) is 8.23. The van der Waals surface area contributed by atoms with Crippen LogP contribution in [0, 0.1) is 12.8 Å². The van der Waals surface area contributed by atoms with Crippen molar-refractivity contribution >= 4 is 5.97 Å². The second-order valence-corrected chi connectivity index (χ2v) is 11.1. The average molecular weight is 577 g/mol. The van der Waals surface area contributed by atoms with E-state index in [2.05, 4.69) is 22.0 Å². The van der Waals surface area contributed by atoms with E-state index >= 15 is 0 Å². The van der Waals surface area contributed by atoms with Crippen LogP contribution in [0.2, 0.25) is 0 Å². The highest BCUT2D eigenvalue weighted by Gasteiger charge is 2.40. The molecule has 1 aromatic heterocycles. The van der Waals surface area contributed by atoms with Crippen LogP contribution in [0.15, 0.2) is 113 Å². The fourth-order valence-electron chi connectivity index (χ4n) is 5.98. The maximum Gasteiger partial charge on any atom is 0.320 e. The molecule has 1 N–H and O–H groups in total. The van der Waals surface area contributed by atoms with Gasteiger partial charge in [0, 0.05) is 24.6 Å². The van der Waals surface area contributed by atoms with Crippen LogP contribution in [0.3, 0.4) is 0 Å². The number of hydrogen-bond acceptors (Lipinski definition) is 6. The largest absolute Gasteiger partial charge is 0.494 e. The van der Waals surface area contributed by atoms with Gasteiger partial charge in [-0.2, -0.15) is 0 Å². The van der Waals surface area contributed by atoms with E-state index < -0.39 is 12.0 Å². The molecule has 0 spiro atoms. The van der Waals surface area contributed by atoms with Gasteiger partial charge < -0.3 is 19.0 Å². The number of allylic oxidation sites excluding steroid dienone is 2. The summed E-state index contributed by atoms with van der Waals surface area (Å²) in [5.41, 5.74) is 2.93. The van der Waals surface area contributed by atoms with Crippen molar-refractivity contribution in [2.75, 3.05) is 6.61 Å². The molecule has 2 heterocycles. The minimum absolute atomic E-state index is 0.143. The number of likely N-dealkylation sites (tertiary alicyclic amines) is 1. The van der Waals surface area contributed by atoms with Crippen molar-refractivity contribution in [3.63, 3.8) is 0 Å². The number of benzene rings is 3. The second kappa shape index (κ2) is 13.1. The summed E-state index contributed by atoms with van der Waals surface area (Å²) in [6, 6.07) is 27.1. The summed E-state index contributed by atoms with van der Waals surface area (Å²) in [7, 11) is 0. The van der Waals surface area contributed by atoms with Crippen molar-refractivity contribution in [3.8, 4) is 23.0 Å². The summed E-state index contributed by atoms with van der Waals surface area (Å²) in [5.74, 6) is 3.29. The number of oxazole rings is 1. The van der Waals surface area contributed by atoms with Crippen LogP contribution in [-0.2, 0) is 22.5 Å². The molecular weight excluding hydrogens is 540 g/mol. The number of hydrogen-bond donors (Lipinski definition) is 1. The van der Waals surface area contributed by atoms with Crippen molar-refractivity contribution in [3.05, 3.63) is 126 Å². The zero-order valence-corrected chi connectivity index (χ0v) is 24.3. The number of aromatic nitrogens is 1. The van der Waals surface area contributed by atoms with Crippen molar-refractivity contribution in [2.24, 2.45) is 5.92 Å². The van der Waals surface area contributed by atoms with E-state index in [0.717, 1.165) is 52.7 Å². The molecule has 1 fully saturated rings. The third kappa shape index (κ3) is 6.89. The van der Waals surface area contributed by atoms with Gasteiger partial charge in [-0.05, 0) is 86.2 Å². The Labute approximate surface area is 252 Å². The van der Waals surface area contributed by atoms with Gasteiger partial charge >= 0.3 is 5.97 Å². The van der Waals surface area contributed by atoms with Gasteiger partial charge in [-0.3, -0.25) is 9.69 Å². The smallest absolute Gasteiger partial charge is 0.320 e. The Hall–Kier alpha value is -4.62. The van der Waals surface area contributed by atoms with Crippen LogP contribution in [0.25, 0.3) is 11.5 Å². The molecule has 1 aliphatic carbocycles. The Kier molecular flexibility index (Phi) is 8.70. The van der Waals surface area contributed by atoms with E-state index in [1.807, 2.05) is 97.9 Å². The Morgan fingerprint density at radius 2 is 1.70 bits per heavy atom. The minimum Gasteiger partial charge on any atom is -0.494 e. The summed E-state index contributed by atoms with van der Waals surface area (Å²) in [6.07, 6.45) is 9.30. The lowest BCUT2D eigenvalue weighted by Crippen LogP contribution is -2.43. The topological polar surface area (TPSA) is 85.0 Å². The second-order valence-electron chi connectivity index (χ2n) is 11.1. The van der Waals surface area contributed by atoms with E-state index in [4.69, 9.17) is 13.9 Å². The molecule has 1 aliphatic heterocycles. The van der Waals surface area contributed by atoms with Gasteiger partial charge in [0.2, 0.25) is 5.89 Å². The normalized spacial score (nSPS) is 20.1. The van der Waals surface area contributed by atoms with Gasteiger partial charge in [0.15, 0.2) is 0 Å². The standard InChI is InChI=1S/C36H36N2O5/c1-25-32(37-35(42-25)28-8-4-2-5-9-28)22-23-41-29-18-14-27(15-19-29)33-20-21-34(36(39)40)38(33)24-26-12-16-31(17-13-26)43-30-10-6-3-7-11-30/h2-14,16-19,27,33-34H,15,20-24H2,1H3,(H,39,40)/t27?,33?,34-/m1/s1. The molecule has 0 amide bonds. The van der Waals surface area contributed by atoms with Crippen LogP contribution in [0.4, 0.5) is 0 Å². The van der Waals surface area contributed by atoms with Crippen LogP contribution in [-0.4, -0.2) is 39.7 Å². The van der Waals surface area contributed by atoms with Gasteiger partial charge in [-0.25, -0.2) is 4.98 Å². The first-order valence-electron chi connectivity index (χ1n) is 14.9. The van der Waals surface area contributed by atoms with Gasteiger partial charge in [-0.15, -0.1) is 0 Å². The minimum atomic E-state index is -0.760. The maximum atomic E-state index is 12.2. The zero-order chi connectivity index (χ0) is 29.6. The van der Waals surface area contributed by atoms with Gasteiger partial charge in [0.1, 0.15) is 29.1 Å². The van der Waals surface area contributed by atoms with Crippen molar-refractivity contribution in [1.82, 2.24) is 9.88 Å². The molecule has 43 heavy (non-hydrogen) atoms. The number of aryl methyl sites for hydroxylation is 1. The molecule has 0 bridgehead atoms. The number of para-hydroxylation sites is 1. The molecule has 0 saturated carbocycles. The van der Waals surface area contributed by atoms with Gasteiger partial charge in [0.25, 0.3) is 0 Å². The zero-order valence-electron chi connectivity index (χ0n) is 24.3. The summed E-state index contributed by atoms with van der Waals surface area (Å²) in [5, 5.41) is 9.98. The fraction of sp³-hybridized carbons (Fsp3) is 0.278. The molecular formula is C36H36N2O5. The van der Waals surface area contributed by atoms with Crippen LogP contribution in [0.1, 0.15) is 36.3 Å². The Morgan fingerprint density at radius 1 is 0.977 bits per heavy atom. The molecule has 0 radical (unpaired) electrons. The van der Waals surface area contributed by atoms with Crippen LogP contribution >= 0.6 is 0 Å². The predicted molar refractivity (Wildman–Crippen MR) is 165 cm³/mol. The van der Waals surface area contributed by atoms with Crippen molar-refractivity contribution in [2.45, 2.75) is 51.2 Å². The van der Waals surface area contributed by atoms with Crippen LogP contribution < -0.4 is 4.74 Å². The first kappa shape index (κ1) is 28.5. The lowest BCUT2D eigenvalue weighted by Gasteiger charge is -2.33. The maximum absolute atomic E-state index is 12.2. The number of ether oxygens (including phenoxy) is 2. The number of carboxylic acids is 1. The first-order chi connectivity index (χ1) is 21.0. The van der Waals surface area contributed by atoms with Crippen LogP contribution in [0.5, 0.6) is 11.5 Å². The Morgan fingerprint density at radius 3 is 2.40 bits per heavy atom. The molecule has 4 aromatic rings. The lowest BCUT2D eigenvalue weighted by molar-refractivity contribution is -0.143. The van der Waals surface area contributed by atoms with E-state index in [1.54, 1.807) is 0 Å². The van der Waals surface area contributed by atoms with E-state index in [0.29, 0.717) is 31.9 Å². The molecule has 2 aliphatic rings. The average Bonchev–Trinajstić information content (AvgIpc) is 3.63. The van der Waals surface area contributed by atoms with Gasteiger partial charge in [0.05, 0.1) is 12.3 Å². The molecule has 3 atom stereocenters. The van der Waals surface area contributed by atoms with E-state index in [1.165, 1.54) is 0 Å². The Bertz CT molecular complexity index is 1580. The van der Waals surface area contributed by atoms with Crippen molar-refractivity contribution < 1.29 is 23.8 Å². The van der Waals surface area contributed by atoms with E-state index in [-0.39, 0.29) is 12.0 Å². The molecule has 7 nitrogen and oxygen atoms in total. The number of nitrogens with zero attached hydrogens (tertiary/aromatic N) is 2. The number of carboxylic acid groups (broad SMARTS) is 1. The third-order valence-corrected chi connectivity index (χ3v) is 8.23. The summed E-state index contributed by atoms with van der Waals surface area (Å²) < 4.78 is 17.9. The molecule has 220 valence electrons. The quantitative estimate of drug-likeness (QED) is 0.197. The van der Waals surface area contributed by atoms with Crippen molar-refractivity contribution in [1.29, 1.82) is 0 Å². The summed E-state index contributed by atoms with van der Waals surface area (Å²) in [6.45, 7) is 3.01. The van der Waals surface area contributed by atoms with E-state index in [9.17, 15) is 9.90 Å². The molecule has 7 heteroatoms. The highest BCUT2D eigenvalue weighted by molar-refractivity contribution is 5.74. The highest BCUT2D eigenvalue weighted by Crippen LogP contribution is 2.35. The predicted octanol–water partition coefficient (Wildman–Crippen LogP) is 7.58. The number of rotatable bonds is 11. The fourth-order valence-corrected chi connectivity index (χ4v) is 5.98. The molecule has 6 rings (SSSR count). The molecule has 2 unspecified atom stereocenters. The SMILES string of the molecule is Cc1oc(-c2ccccc2)nc1CCOC1=CCC(C2CC[C@H](C(=O)O)N2Cc2ccc(Oc3ccccc3)cc2)C=C1. The Balaban J connectivity index is 1.04. The lowest BCUT2D eigenvalue weighted by atomic mass is 9.90. The van der Waals surface area contributed by atoms with Gasteiger partial charge in [-0.1, -0.05) is 54.6 Å². The number of carbonyl (C=O) groups is 1. The molecule has 3 aromatic carbocycles. The summed E-state index contributed by atoms with van der Waals surface area (Å²) >= 11 is 0.